The summed E-state index contributed by atoms with van der Waals surface area (Å²) in [6, 6.07) is 47.2. The monoisotopic (exact) mass is 1860 g/mol. The Morgan fingerprint density at radius 2 is 0.742 bits per heavy atom. The zero-order valence-electron chi connectivity index (χ0n) is 74.3. The molecule has 9 atom stereocenters. The van der Waals surface area contributed by atoms with E-state index >= 15 is 0 Å². The Balaban J connectivity index is 0.000000158. The Morgan fingerprint density at radius 3 is 1.03 bits per heavy atom. The summed E-state index contributed by atoms with van der Waals surface area (Å²) in [6.07, 6.45) is 2.21. The molecular weight excluding hydrogens is 1750 g/mol. The van der Waals surface area contributed by atoms with Crippen LogP contribution < -0.4 is 5.32 Å². The molecule has 0 radical (unpaired) electrons. The Labute approximate surface area is 774 Å². The molecule has 0 spiro atoms. The number of aliphatic imine (C=N–C) groups is 3. The minimum Gasteiger partial charge on any atom is -0.477 e. The van der Waals surface area contributed by atoms with E-state index in [-0.39, 0.29) is 72.0 Å². The summed E-state index contributed by atoms with van der Waals surface area (Å²) in [7, 11) is 2.13. The first-order chi connectivity index (χ1) is 58.5. The Morgan fingerprint density at radius 1 is 0.452 bits per heavy atom. The summed E-state index contributed by atoms with van der Waals surface area (Å²) >= 11 is 41.5. The SMILES string of the molecule is CC(C)C1=C(C(=O)O)SC2=N[C@@](C)(c3ccc(Cl)cc3)[C@@H](c3ccc(Cl)cc3)N21.CCN(C(=O)C1=C(C(C)C)N2C(=N[C@@](C)(c3ccc(Cl)cc3)[C@H]2c2ccc(Cl)cc2)S1)[C@@H]1CCN(C(=O)OC(C)(C)C)C1.CCN(C(=O)C1=C(C(C)C)N2C(=N[C@@](C)(c3ccc(Cl)cc3)[C@H]2c2ccc(Cl)cc2)S1)[C@@H]1CCN(C)C1.CCNC1CCN(C(=O)OC(C)(C)C)C1. The van der Waals surface area contributed by atoms with E-state index in [1.807, 2.05) is 189 Å². The second-order valence-electron chi connectivity index (χ2n) is 36.1. The number of fused-ring (bicyclic) bond motifs is 3. The van der Waals surface area contributed by atoms with E-state index in [0.29, 0.717) is 83.8 Å². The highest BCUT2D eigenvalue weighted by molar-refractivity contribution is 8.18. The van der Waals surface area contributed by atoms with Crippen molar-refractivity contribution in [2.75, 3.05) is 66.0 Å². The summed E-state index contributed by atoms with van der Waals surface area (Å²) in [4.78, 5) is 98.8. The molecule has 15 rings (SSSR count). The average molecular weight is 1860 g/mol. The standard InChI is InChI=1S/C33H40Cl2N4O3S.C29H34Cl2N4OS.C22H20Cl2N2O2S.C11H22N2O2/c1-8-38(25-17-18-37(19-25)31(41)42-32(4,5)6)29(40)27-26(20(2)3)39-28(21-9-13-23(34)14-10-21)33(7,36-30(39)43-27)22-11-15-24(35)16-12-22;1-6-34(23-15-16-33(5)17-23)27(36)25-24(18(2)3)35-26(19-7-11-21(30)12-8-19)29(4,32-28(35)37-25)20-9-13-22(31)14-10-20;1-12(2)17-18(20(27)28)29-21-25-22(3,14-6-10-16(24)11-7-14)19(26(17)21)13-4-8-15(23)9-5-13;1-5-12-9-6-7-13(8-9)10(14)15-11(2,3)4/h9-16,20,25,28H,8,17-19H2,1-7H3;7-14,18,23,26H,6,15-17H2,1-5H3;4-12,19H,1-3H3,(H,27,28);9,12H,5-8H2,1-4H3/t25-,28-,33+;23-,26-,29+;19-,22+;/m111./s1. The number of carbonyl (C=O) groups is 5. The van der Waals surface area contributed by atoms with Crippen molar-refractivity contribution in [2.45, 2.75) is 208 Å². The van der Waals surface area contributed by atoms with E-state index < -0.39 is 33.8 Å². The zero-order chi connectivity index (χ0) is 90.1. The van der Waals surface area contributed by atoms with Gasteiger partial charge in [-0.1, -0.05) is 191 Å². The quantitative estimate of drug-likeness (QED) is 0.0823. The lowest BCUT2D eigenvalue weighted by molar-refractivity contribution is -0.132. The third kappa shape index (κ3) is 20.7. The van der Waals surface area contributed by atoms with Crippen LogP contribution in [0.15, 0.2) is 192 Å². The average Bonchev–Trinajstić information content (AvgIpc) is 1.66. The molecule has 0 saturated carbocycles. The molecular formula is C95H116Cl6N12O8S3. The summed E-state index contributed by atoms with van der Waals surface area (Å²) in [5, 5.41) is 19.6. The summed E-state index contributed by atoms with van der Waals surface area (Å²) in [5.41, 5.74) is 6.38. The number of nitrogens with zero attached hydrogens (tertiary/aromatic N) is 11. The summed E-state index contributed by atoms with van der Waals surface area (Å²) in [5.74, 6) is -0.583. The van der Waals surface area contributed by atoms with E-state index in [1.165, 1.54) is 35.3 Å². The highest BCUT2D eigenvalue weighted by Crippen LogP contribution is 2.60. The minimum absolute atomic E-state index is 0.0209. The summed E-state index contributed by atoms with van der Waals surface area (Å²) < 4.78 is 10.9. The van der Waals surface area contributed by atoms with Crippen LogP contribution in [0.5, 0.6) is 0 Å². The number of hydrogen-bond acceptors (Lipinski definition) is 18. The zero-order valence-corrected chi connectivity index (χ0v) is 81.2. The molecule has 9 aliphatic rings. The highest BCUT2D eigenvalue weighted by atomic mass is 35.5. The van der Waals surface area contributed by atoms with Gasteiger partial charge in [0.05, 0.1) is 24.2 Å². The van der Waals surface area contributed by atoms with Crippen LogP contribution >= 0.6 is 105 Å². The molecule has 2 N–H and O–H groups in total. The predicted molar refractivity (Wildman–Crippen MR) is 510 cm³/mol. The molecule has 0 aliphatic carbocycles. The number of carboxylic acid groups (broad SMARTS) is 1. The van der Waals surface area contributed by atoms with Gasteiger partial charge < -0.3 is 59.1 Å². The minimum atomic E-state index is -0.918. The van der Waals surface area contributed by atoms with Gasteiger partial charge in [-0.25, -0.2) is 29.4 Å². The first-order valence-corrected chi connectivity index (χ1v) is 47.4. The topological polar surface area (TPSA) is 199 Å². The molecule has 20 nitrogen and oxygen atoms in total. The molecule has 4 amide bonds. The fourth-order valence-electron chi connectivity index (χ4n) is 18.0. The van der Waals surface area contributed by atoms with E-state index in [0.717, 1.165) is 111 Å². The summed E-state index contributed by atoms with van der Waals surface area (Å²) in [6.45, 7) is 43.1. The van der Waals surface area contributed by atoms with E-state index in [2.05, 4.69) is 123 Å². The van der Waals surface area contributed by atoms with E-state index in [4.69, 9.17) is 94.1 Å². The van der Waals surface area contributed by atoms with Crippen LogP contribution in [0.1, 0.15) is 195 Å². The number of aliphatic carboxylic acids is 1. The third-order valence-electron chi connectivity index (χ3n) is 23.7. The molecule has 664 valence electrons. The number of thioether (sulfide) groups is 3. The van der Waals surface area contributed by atoms with Gasteiger partial charge in [-0.15, -0.1) is 0 Å². The van der Waals surface area contributed by atoms with E-state index in [1.54, 1.807) is 9.80 Å². The number of allylic oxidation sites excluding steroid dienone is 3. The molecule has 9 heterocycles. The van der Waals surface area contributed by atoms with Gasteiger partial charge in [-0.2, -0.15) is 0 Å². The lowest BCUT2D eigenvalue weighted by Gasteiger charge is -2.37. The maximum absolute atomic E-state index is 14.4. The molecule has 0 aromatic heterocycles. The number of hydrogen-bond donors (Lipinski definition) is 2. The lowest BCUT2D eigenvalue weighted by atomic mass is 9.81. The second-order valence-corrected chi connectivity index (χ2v) is 41.6. The number of carbonyl (C=O) groups excluding carboxylic acids is 4. The first-order valence-electron chi connectivity index (χ1n) is 42.7. The molecule has 6 aromatic carbocycles. The number of nitrogens with one attached hydrogen (secondary N) is 1. The highest BCUT2D eigenvalue weighted by Gasteiger charge is 2.57. The lowest BCUT2D eigenvalue weighted by Crippen LogP contribution is -2.44. The van der Waals surface area contributed by atoms with Crippen molar-refractivity contribution in [3.63, 3.8) is 0 Å². The van der Waals surface area contributed by atoms with Crippen molar-refractivity contribution in [2.24, 2.45) is 32.7 Å². The van der Waals surface area contributed by atoms with Crippen LogP contribution in [0.4, 0.5) is 9.59 Å². The van der Waals surface area contributed by atoms with Gasteiger partial charge in [0.1, 0.15) is 42.5 Å². The van der Waals surface area contributed by atoms with Crippen LogP contribution in [-0.4, -0.2) is 185 Å². The molecule has 0 bridgehead atoms. The van der Waals surface area contributed by atoms with Crippen molar-refractivity contribution in [1.82, 2.24) is 44.5 Å². The normalized spacial score (nSPS) is 24.0. The fourth-order valence-corrected chi connectivity index (χ4v) is 22.7. The van der Waals surface area contributed by atoms with Crippen molar-refractivity contribution in [3.05, 3.63) is 241 Å². The second kappa shape index (κ2) is 39.3. The Bertz CT molecular complexity index is 5120. The number of likely N-dealkylation sites (N-methyl/N-ethyl adjacent to an activating group) is 4. The third-order valence-corrected chi connectivity index (χ3v) is 28.4. The van der Waals surface area contributed by atoms with Crippen LogP contribution in [-0.2, 0) is 40.5 Å². The number of ether oxygens (including phenoxy) is 2. The molecule has 6 aromatic rings. The van der Waals surface area contributed by atoms with Crippen LogP contribution in [0, 0.1) is 17.8 Å². The molecule has 1 unspecified atom stereocenters. The van der Waals surface area contributed by atoms with Gasteiger partial charge in [0, 0.05) is 105 Å². The first kappa shape index (κ1) is 95.7. The number of carboxylic acids is 1. The molecule has 3 fully saturated rings. The van der Waals surface area contributed by atoms with E-state index in [9.17, 15) is 29.1 Å². The van der Waals surface area contributed by atoms with Gasteiger partial charge in [0.15, 0.2) is 15.5 Å². The smallest absolute Gasteiger partial charge is 0.410 e. The van der Waals surface area contributed by atoms with Crippen molar-refractivity contribution in [3.8, 4) is 0 Å². The number of rotatable bonds is 18. The number of halogens is 6. The predicted octanol–water partition coefficient (Wildman–Crippen LogP) is 22.8. The molecule has 124 heavy (non-hydrogen) atoms. The van der Waals surface area contributed by atoms with Gasteiger partial charge in [-0.05, 0) is 275 Å². The molecule has 9 aliphatic heterocycles. The van der Waals surface area contributed by atoms with Crippen LogP contribution in [0.3, 0.4) is 0 Å². The van der Waals surface area contributed by atoms with Gasteiger partial charge in [0.25, 0.3) is 11.8 Å². The number of benzene rings is 6. The number of amidine groups is 3. The molecule has 3 saturated heterocycles. The Hall–Kier alpha value is -7.39. The number of amides is 4. The molecule has 29 heteroatoms. The van der Waals surface area contributed by atoms with Crippen LogP contribution in [0.25, 0.3) is 0 Å². The maximum atomic E-state index is 14.4. The van der Waals surface area contributed by atoms with Crippen molar-refractivity contribution < 1.29 is 38.6 Å². The largest absolute Gasteiger partial charge is 0.477 e. The van der Waals surface area contributed by atoms with Crippen molar-refractivity contribution in [1.29, 1.82) is 0 Å². The fraction of sp³-hybridized carbons (Fsp3) is 0.474. The van der Waals surface area contributed by atoms with Crippen molar-refractivity contribution >= 4 is 150 Å². The maximum Gasteiger partial charge on any atom is 0.410 e. The Kier molecular flexibility index (Phi) is 30.3. The number of likely N-dealkylation sites (tertiary alicyclic amines) is 3. The van der Waals surface area contributed by atoms with Gasteiger partial charge in [0.2, 0.25) is 0 Å². The van der Waals surface area contributed by atoms with Crippen LogP contribution in [0.2, 0.25) is 30.1 Å². The van der Waals surface area contributed by atoms with Gasteiger partial charge >= 0.3 is 18.2 Å². The van der Waals surface area contributed by atoms with Gasteiger partial charge in [-0.3, -0.25) is 9.59 Å².